The van der Waals surface area contributed by atoms with Crippen molar-refractivity contribution >= 4 is 11.9 Å². The minimum atomic E-state index is -0.933. The number of halogens is 1. The van der Waals surface area contributed by atoms with Crippen LogP contribution in [0.15, 0.2) is 36.7 Å². The maximum absolute atomic E-state index is 13.9. The molecule has 1 aliphatic heterocycles. The van der Waals surface area contributed by atoms with Crippen LogP contribution < -0.4 is 0 Å². The number of carboxylic acid groups (broad SMARTS) is 1. The van der Waals surface area contributed by atoms with Gasteiger partial charge in [0.1, 0.15) is 5.82 Å². The molecule has 7 heteroatoms. The second-order valence-electron chi connectivity index (χ2n) is 6.30. The first-order valence-electron chi connectivity index (χ1n) is 8.21. The molecule has 2 atom stereocenters. The number of hydrogen-bond acceptors (Lipinski definition) is 3. The smallest absolute Gasteiger partial charge is 0.308 e. The highest BCUT2D eigenvalue weighted by Crippen LogP contribution is 2.36. The lowest BCUT2D eigenvalue weighted by Gasteiger charge is -2.39. The molecule has 0 radical (unpaired) electrons. The van der Waals surface area contributed by atoms with E-state index < -0.39 is 17.9 Å². The van der Waals surface area contributed by atoms with Gasteiger partial charge in [0.05, 0.1) is 18.2 Å². The maximum atomic E-state index is 13.9. The van der Waals surface area contributed by atoms with Gasteiger partial charge in [-0.3, -0.25) is 14.3 Å². The molecule has 0 aliphatic carbocycles. The SMILES string of the molecule is Cn1cc([C@@H]2[C@H](C(=O)O)CCC(=O)N2CCc2ccccc2F)cn1. The first kappa shape index (κ1) is 17.1. The highest BCUT2D eigenvalue weighted by Gasteiger charge is 2.41. The number of benzene rings is 1. The second-order valence-corrected chi connectivity index (χ2v) is 6.30. The highest BCUT2D eigenvalue weighted by atomic mass is 19.1. The number of aliphatic carboxylic acids is 1. The van der Waals surface area contributed by atoms with Crippen LogP contribution in [0.3, 0.4) is 0 Å². The molecule has 3 rings (SSSR count). The summed E-state index contributed by atoms with van der Waals surface area (Å²) in [6, 6.07) is 5.83. The van der Waals surface area contributed by atoms with Crippen molar-refractivity contribution in [3.63, 3.8) is 0 Å². The Morgan fingerprint density at radius 1 is 1.40 bits per heavy atom. The fourth-order valence-corrected chi connectivity index (χ4v) is 3.42. The number of amides is 1. The fourth-order valence-electron chi connectivity index (χ4n) is 3.42. The van der Waals surface area contributed by atoms with Crippen LogP contribution >= 0.6 is 0 Å². The molecule has 1 fully saturated rings. The molecule has 2 heterocycles. The Bertz CT molecular complexity index is 789. The van der Waals surface area contributed by atoms with Crippen molar-refractivity contribution in [1.29, 1.82) is 0 Å². The number of likely N-dealkylation sites (tertiary alicyclic amines) is 1. The standard InChI is InChI=1S/C18H20FN3O3/c1-21-11-13(10-20-21)17-14(18(24)25)6-7-16(23)22(17)9-8-12-4-2-3-5-15(12)19/h2-5,10-11,14,17H,6-9H2,1H3,(H,24,25)/t14-,17-/m1/s1. The van der Waals surface area contributed by atoms with Gasteiger partial charge in [0.2, 0.25) is 5.91 Å². The van der Waals surface area contributed by atoms with E-state index in [1.165, 1.54) is 6.07 Å². The van der Waals surface area contributed by atoms with E-state index in [1.54, 1.807) is 47.2 Å². The van der Waals surface area contributed by atoms with Crippen LogP contribution in [0.5, 0.6) is 0 Å². The highest BCUT2D eigenvalue weighted by molar-refractivity contribution is 5.81. The predicted octanol–water partition coefficient (Wildman–Crippen LogP) is 2.17. The molecule has 1 saturated heterocycles. The summed E-state index contributed by atoms with van der Waals surface area (Å²) in [4.78, 5) is 25.7. The zero-order valence-electron chi connectivity index (χ0n) is 13.9. The average Bonchev–Trinajstić information content (AvgIpc) is 3.00. The van der Waals surface area contributed by atoms with Crippen LogP contribution in [0, 0.1) is 11.7 Å². The van der Waals surface area contributed by atoms with Crippen molar-refractivity contribution in [2.45, 2.75) is 25.3 Å². The van der Waals surface area contributed by atoms with Gasteiger partial charge >= 0.3 is 5.97 Å². The topological polar surface area (TPSA) is 75.4 Å². The maximum Gasteiger partial charge on any atom is 0.308 e. The molecule has 0 unspecified atom stereocenters. The lowest BCUT2D eigenvalue weighted by atomic mass is 9.85. The van der Waals surface area contributed by atoms with E-state index in [1.807, 2.05) is 0 Å². The van der Waals surface area contributed by atoms with E-state index >= 15 is 0 Å². The average molecular weight is 345 g/mol. The van der Waals surface area contributed by atoms with Crippen LogP contribution in [0.25, 0.3) is 0 Å². The molecule has 132 valence electrons. The minimum Gasteiger partial charge on any atom is -0.481 e. The molecule has 6 nitrogen and oxygen atoms in total. The van der Waals surface area contributed by atoms with Crippen molar-refractivity contribution in [1.82, 2.24) is 14.7 Å². The number of aryl methyl sites for hydroxylation is 1. The lowest BCUT2D eigenvalue weighted by Crippen LogP contribution is -2.46. The van der Waals surface area contributed by atoms with Gasteiger partial charge in [-0.2, -0.15) is 5.10 Å². The van der Waals surface area contributed by atoms with Gasteiger partial charge in [-0.05, 0) is 24.5 Å². The largest absolute Gasteiger partial charge is 0.481 e. The zero-order chi connectivity index (χ0) is 18.0. The first-order valence-corrected chi connectivity index (χ1v) is 8.21. The molecule has 25 heavy (non-hydrogen) atoms. The van der Waals surface area contributed by atoms with E-state index in [2.05, 4.69) is 5.10 Å². The summed E-state index contributed by atoms with van der Waals surface area (Å²) in [6.45, 7) is 0.267. The van der Waals surface area contributed by atoms with Gasteiger partial charge in [0.25, 0.3) is 0 Å². The Morgan fingerprint density at radius 3 is 2.80 bits per heavy atom. The third-order valence-corrected chi connectivity index (χ3v) is 4.67. The number of piperidine rings is 1. The van der Waals surface area contributed by atoms with Gasteiger partial charge in [0, 0.05) is 31.8 Å². The quantitative estimate of drug-likeness (QED) is 0.901. The molecule has 1 amide bonds. The zero-order valence-corrected chi connectivity index (χ0v) is 13.9. The van der Waals surface area contributed by atoms with Gasteiger partial charge in [-0.1, -0.05) is 18.2 Å². The minimum absolute atomic E-state index is 0.109. The van der Waals surface area contributed by atoms with Gasteiger partial charge in [0.15, 0.2) is 0 Å². The Labute approximate surface area is 144 Å². The molecular weight excluding hydrogens is 325 g/mol. The Morgan fingerprint density at radius 2 is 2.16 bits per heavy atom. The summed E-state index contributed by atoms with van der Waals surface area (Å²) in [6.07, 6.45) is 4.14. The lowest BCUT2D eigenvalue weighted by molar-refractivity contribution is -0.152. The molecule has 2 aromatic rings. The number of carbonyl (C=O) groups excluding carboxylic acids is 1. The number of aromatic nitrogens is 2. The predicted molar refractivity (Wildman–Crippen MR) is 88.1 cm³/mol. The third kappa shape index (κ3) is 3.55. The number of nitrogens with zero attached hydrogens (tertiary/aromatic N) is 3. The molecule has 0 spiro atoms. The Balaban J connectivity index is 1.88. The van der Waals surface area contributed by atoms with Crippen molar-refractivity contribution in [2.24, 2.45) is 13.0 Å². The van der Waals surface area contributed by atoms with Crippen molar-refractivity contribution in [3.8, 4) is 0 Å². The summed E-state index contributed by atoms with van der Waals surface area (Å²) in [7, 11) is 1.74. The van der Waals surface area contributed by atoms with Crippen LogP contribution in [0.1, 0.15) is 30.0 Å². The number of carbonyl (C=O) groups is 2. The van der Waals surface area contributed by atoms with Crippen molar-refractivity contribution < 1.29 is 19.1 Å². The summed E-state index contributed by atoms with van der Waals surface area (Å²) < 4.78 is 15.4. The van der Waals surface area contributed by atoms with E-state index in [4.69, 9.17) is 0 Å². The van der Waals surface area contributed by atoms with Gasteiger partial charge in [-0.25, -0.2) is 4.39 Å². The molecule has 1 aliphatic rings. The fraction of sp³-hybridized carbons (Fsp3) is 0.389. The number of hydrogen-bond donors (Lipinski definition) is 1. The summed E-state index contributed by atoms with van der Waals surface area (Å²) in [5, 5.41) is 13.7. The normalized spacial score (nSPS) is 20.7. The Hall–Kier alpha value is -2.70. The monoisotopic (exact) mass is 345 g/mol. The van der Waals surface area contributed by atoms with Crippen LogP contribution in [-0.2, 0) is 23.1 Å². The molecule has 1 aromatic carbocycles. The van der Waals surface area contributed by atoms with E-state index in [-0.39, 0.29) is 24.7 Å². The van der Waals surface area contributed by atoms with E-state index in [0.29, 0.717) is 24.0 Å². The van der Waals surface area contributed by atoms with E-state index in [9.17, 15) is 19.1 Å². The molecule has 0 saturated carbocycles. The summed E-state index contributed by atoms with van der Waals surface area (Å²) >= 11 is 0. The first-order chi connectivity index (χ1) is 12.0. The third-order valence-electron chi connectivity index (χ3n) is 4.67. The number of carboxylic acids is 1. The van der Waals surface area contributed by atoms with Crippen LogP contribution in [-0.4, -0.2) is 38.2 Å². The van der Waals surface area contributed by atoms with Crippen molar-refractivity contribution in [3.05, 3.63) is 53.6 Å². The van der Waals surface area contributed by atoms with Crippen LogP contribution in [0.4, 0.5) is 4.39 Å². The van der Waals surface area contributed by atoms with Crippen molar-refractivity contribution in [2.75, 3.05) is 6.54 Å². The molecule has 1 aromatic heterocycles. The molecule has 0 bridgehead atoms. The summed E-state index contributed by atoms with van der Waals surface area (Å²) in [5.74, 6) is -2.05. The second kappa shape index (κ2) is 7.04. The number of rotatable bonds is 5. The van der Waals surface area contributed by atoms with Crippen LogP contribution in [0.2, 0.25) is 0 Å². The van der Waals surface area contributed by atoms with Gasteiger partial charge < -0.3 is 10.0 Å². The summed E-state index contributed by atoms with van der Waals surface area (Å²) in [5.41, 5.74) is 1.20. The van der Waals surface area contributed by atoms with E-state index in [0.717, 1.165) is 0 Å². The molecular formula is C18H20FN3O3. The van der Waals surface area contributed by atoms with Gasteiger partial charge in [-0.15, -0.1) is 0 Å². The molecule has 1 N–H and O–H groups in total. The Kier molecular flexibility index (Phi) is 4.83.